The number of amides is 1. The summed E-state index contributed by atoms with van der Waals surface area (Å²) < 4.78 is 5.58. The van der Waals surface area contributed by atoms with E-state index in [2.05, 4.69) is 10.3 Å². The number of nitrogens with zero attached hydrogens (tertiary/aromatic N) is 2. The van der Waals surface area contributed by atoms with Gasteiger partial charge in [0.25, 0.3) is 11.1 Å². The predicted octanol–water partition coefficient (Wildman–Crippen LogP) is 3.74. The molecule has 0 atom stereocenters. The van der Waals surface area contributed by atoms with E-state index in [0.717, 1.165) is 5.56 Å². The third kappa shape index (κ3) is 3.97. The van der Waals surface area contributed by atoms with Crippen LogP contribution < -0.4 is 10.1 Å². The van der Waals surface area contributed by atoms with Crippen LogP contribution in [0.2, 0.25) is 0 Å². The molecule has 0 aliphatic rings. The first-order chi connectivity index (χ1) is 11.7. The van der Waals surface area contributed by atoms with Crippen LogP contribution in [0.1, 0.15) is 21.5 Å². The van der Waals surface area contributed by atoms with Crippen molar-refractivity contribution in [3.8, 4) is 17.0 Å². The Labute approximate surface area is 143 Å². The first-order valence-corrected chi connectivity index (χ1v) is 8.07. The molecular formula is C18H13N3O2S. The number of nitriles is 1. The van der Waals surface area contributed by atoms with Gasteiger partial charge < -0.3 is 10.1 Å². The molecule has 118 valence electrons. The molecule has 5 nitrogen and oxygen atoms in total. The molecule has 3 rings (SSSR count). The molecule has 0 spiro atoms. The van der Waals surface area contributed by atoms with Gasteiger partial charge in [-0.3, -0.25) is 4.79 Å². The van der Waals surface area contributed by atoms with Gasteiger partial charge in [0, 0.05) is 23.7 Å². The largest absolute Gasteiger partial charge is 0.431 e. The van der Waals surface area contributed by atoms with Crippen LogP contribution in [0.3, 0.4) is 0 Å². The molecule has 0 radical (unpaired) electrons. The second-order valence-corrected chi connectivity index (χ2v) is 5.78. The summed E-state index contributed by atoms with van der Waals surface area (Å²) in [4.78, 5) is 16.2. The highest BCUT2D eigenvalue weighted by Crippen LogP contribution is 2.23. The summed E-state index contributed by atoms with van der Waals surface area (Å²) in [5, 5.41) is 14.1. The van der Waals surface area contributed by atoms with Gasteiger partial charge in [0.2, 0.25) is 0 Å². The molecule has 1 amide bonds. The summed E-state index contributed by atoms with van der Waals surface area (Å²) in [7, 11) is 0. The summed E-state index contributed by atoms with van der Waals surface area (Å²) in [6, 6.07) is 16.1. The number of carbonyl (C=O) groups is 1. The van der Waals surface area contributed by atoms with Crippen LogP contribution in [0.25, 0.3) is 0 Å². The van der Waals surface area contributed by atoms with E-state index in [0.29, 0.717) is 28.6 Å². The average molecular weight is 335 g/mol. The number of aromatic nitrogens is 1. The normalized spacial score (nSPS) is 9.96. The van der Waals surface area contributed by atoms with Gasteiger partial charge in [-0.25, -0.2) is 4.98 Å². The lowest BCUT2D eigenvalue weighted by Gasteiger charge is -2.07. The van der Waals surface area contributed by atoms with Gasteiger partial charge in [-0.2, -0.15) is 5.26 Å². The molecule has 0 aliphatic carbocycles. The zero-order chi connectivity index (χ0) is 16.8. The van der Waals surface area contributed by atoms with E-state index in [1.54, 1.807) is 30.5 Å². The van der Waals surface area contributed by atoms with Crippen molar-refractivity contribution in [2.24, 2.45) is 0 Å². The number of hydrogen-bond acceptors (Lipinski definition) is 5. The fraction of sp³-hybridized carbons (Fsp3) is 0.0556. The minimum atomic E-state index is -0.213. The van der Waals surface area contributed by atoms with Gasteiger partial charge >= 0.3 is 0 Å². The second-order valence-electron chi connectivity index (χ2n) is 4.92. The van der Waals surface area contributed by atoms with Gasteiger partial charge in [-0.05, 0) is 35.9 Å². The van der Waals surface area contributed by atoms with E-state index in [-0.39, 0.29) is 5.91 Å². The maximum Gasteiger partial charge on any atom is 0.278 e. The lowest BCUT2D eigenvalue weighted by molar-refractivity contribution is 0.0951. The van der Waals surface area contributed by atoms with Crippen LogP contribution in [0, 0.1) is 11.3 Å². The number of benzene rings is 2. The number of carbonyl (C=O) groups excluding carboxylic acids is 1. The van der Waals surface area contributed by atoms with E-state index < -0.39 is 0 Å². The van der Waals surface area contributed by atoms with Crippen molar-refractivity contribution in [1.82, 2.24) is 10.3 Å². The first kappa shape index (κ1) is 15.7. The van der Waals surface area contributed by atoms with Gasteiger partial charge in [-0.15, -0.1) is 0 Å². The number of ether oxygens (including phenoxy) is 1. The molecular weight excluding hydrogens is 322 g/mol. The van der Waals surface area contributed by atoms with Crippen molar-refractivity contribution in [1.29, 1.82) is 5.26 Å². The summed E-state index contributed by atoms with van der Waals surface area (Å²) in [6.45, 7) is 0.396. The van der Waals surface area contributed by atoms with E-state index in [9.17, 15) is 4.79 Å². The predicted molar refractivity (Wildman–Crippen MR) is 91.0 cm³/mol. The van der Waals surface area contributed by atoms with Gasteiger partial charge in [0.1, 0.15) is 5.75 Å². The van der Waals surface area contributed by atoms with Gasteiger partial charge in [-0.1, -0.05) is 29.5 Å². The van der Waals surface area contributed by atoms with E-state index in [4.69, 9.17) is 10.00 Å². The Balaban J connectivity index is 1.58. The summed E-state index contributed by atoms with van der Waals surface area (Å²) in [6.07, 6.45) is 1.69. The lowest BCUT2D eigenvalue weighted by Crippen LogP contribution is -2.22. The molecule has 0 fully saturated rings. The van der Waals surface area contributed by atoms with Crippen LogP contribution in [-0.4, -0.2) is 10.9 Å². The Hall–Kier alpha value is -3.17. The molecule has 2 aromatic carbocycles. The van der Waals surface area contributed by atoms with E-state index in [1.807, 2.05) is 35.7 Å². The molecule has 0 aliphatic heterocycles. The highest BCUT2D eigenvalue weighted by Gasteiger charge is 2.06. The Morgan fingerprint density at radius 2 is 2.08 bits per heavy atom. The molecule has 1 heterocycles. The molecule has 0 bridgehead atoms. The zero-order valence-corrected chi connectivity index (χ0v) is 13.4. The monoisotopic (exact) mass is 335 g/mol. The molecule has 0 unspecified atom stereocenters. The smallest absolute Gasteiger partial charge is 0.278 e. The maximum atomic E-state index is 12.1. The minimum absolute atomic E-state index is 0.213. The molecule has 0 saturated carbocycles. The fourth-order valence-electron chi connectivity index (χ4n) is 2.05. The van der Waals surface area contributed by atoms with Crippen LogP contribution in [0.5, 0.6) is 10.9 Å². The van der Waals surface area contributed by atoms with Crippen molar-refractivity contribution >= 4 is 17.2 Å². The minimum Gasteiger partial charge on any atom is -0.431 e. The molecule has 1 N–H and O–H groups in total. The topological polar surface area (TPSA) is 75.0 Å². The fourth-order valence-corrected chi connectivity index (χ4v) is 2.56. The standard InChI is InChI=1S/C18H13N3O2S/c19-11-14-2-1-3-15(10-14)17(22)21-12-13-4-6-16(7-5-13)23-18-20-8-9-24-18/h1-10H,12H2,(H,21,22). The lowest BCUT2D eigenvalue weighted by atomic mass is 10.1. The summed E-state index contributed by atoms with van der Waals surface area (Å²) in [5.74, 6) is 0.483. The molecule has 0 saturated heterocycles. The first-order valence-electron chi connectivity index (χ1n) is 7.19. The Morgan fingerprint density at radius 3 is 2.79 bits per heavy atom. The van der Waals surface area contributed by atoms with Crippen molar-refractivity contribution in [3.05, 3.63) is 76.8 Å². The molecule has 24 heavy (non-hydrogen) atoms. The summed E-state index contributed by atoms with van der Waals surface area (Å²) >= 11 is 1.42. The van der Waals surface area contributed by atoms with Crippen LogP contribution in [0.4, 0.5) is 0 Å². The SMILES string of the molecule is N#Cc1cccc(C(=O)NCc2ccc(Oc3nccs3)cc2)c1. The van der Waals surface area contributed by atoms with Crippen molar-refractivity contribution in [2.75, 3.05) is 0 Å². The van der Waals surface area contributed by atoms with Crippen LogP contribution in [-0.2, 0) is 6.54 Å². The van der Waals surface area contributed by atoms with Gasteiger partial charge in [0.15, 0.2) is 0 Å². The Kier molecular flexibility index (Phi) is 4.84. The zero-order valence-electron chi connectivity index (χ0n) is 12.6. The number of nitrogens with one attached hydrogen (secondary N) is 1. The molecule has 3 aromatic rings. The van der Waals surface area contributed by atoms with E-state index in [1.165, 1.54) is 11.3 Å². The number of thiazole rings is 1. The highest BCUT2D eigenvalue weighted by atomic mass is 32.1. The third-order valence-electron chi connectivity index (χ3n) is 3.25. The average Bonchev–Trinajstić information content (AvgIpc) is 3.14. The molecule has 6 heteroatoms. The quantitative estimate of drug-likeness (QED) is 0.771. The Bertz CT molecular complexity index is 868. The number of rotatable bonds is 5. The maximum absolute atomic E-state index is 12.1. The highest BCUT2D eigenvalue weighted by molar-refractivity contribution is 7.11. The molecule has 1 aromatic heterocycles. The van der Waals surface area contributed by atoms with Crippen molar-refractivity contribution in [2.45, 2.75) is 6.54 Å². The van der Waals surface area contributed by atoms with Crippen LogP contribution in [0.15, 0.2) is 60.1 Å². The second kappa shape index (κ2) is 7.40. The Morgan fingerprint density at radius 1 is 1.25 bits per heavy atom. The van der Waals surface area contributed by atoms with Crippen molar-refractivity contribution < 1.29 is 9.53 Å². The van der Waals surface area contributed by atoms with Gasteiger partial charge in [0.05, 0.1) is 11.6 Å². The van der Waals surface area contributed by atoms with E-state index >= 15 is 0 Å². The van der Waals surface area contributed by atoms with Crippen molar-refractivity contribution in [3.63, 3.8) is 0 Å². The number of hydrogen-bond donors (Lipinski definition) is 1. The summed E-state index contributed by atoms with van der Waals surface area (Å²) in [5.41, 5.74) is 1.88. The van der Waals surface area contributed by atoms with Crippen LogP contribution >= 0.6 is 11.3 Å². The third-order valence-corrected chi connectivity index (χ3v) is 3.89.